The van der Waals surface area contributed by atoms with Gasteiger partial charge in [0.15, 0.2) is 5.96 Å². The topological polar surface area (TPSA) is 67.6 Å². The number of aliphatic imine (C=N–C) groups is 1. The molecule has 7 nitrogen and oxygen atoms in total. The lowest BCUT2D eigenvalue weighted by atomic mass is 9.87. The Kier molecular flexibility index (Phi) is 6.69. The molecular weight excluding hydrogens is 455 g/mol. The third kappa shape index (κ3) is 4.60. The van der Waals surface area contributed by atoms with Crippen LogP contribution in [0.15, 0.2) is 42.0 Å². The van der Waals surface area contributed by atoms with Gasteiger partial charge in [-0.05, 0) is 37.5 Å². The molecule has 2 aromatic rings. The van der Waals surface area contributed by atoms with Crippen molar-refractivity contribution in [1.82, 2.24) is 24.8 Å². The van der Waals surface area contributed by atoms with Crippen LogP contribution in [0.5, 0.6) is 0 Å². The molecule has 2 aromatic heterocycles. The van der Waals surface area contributed by atoms with E-state index in [9.17, 15) is 0 Å². The molecule has 0 radical (unpaired) electrons. The molecule has 4 heterocycles. The molecule has 1 unspecified atom stereocenters. The smallest absolute Gasteiger partial charge is 0.194 e. The summed E-state index contributed by atoms with van der Waals surface area (Å²) in [5, 5.41) is 3.45. The van der Waals surface area contributed by atoms with E-state index in [0.29, 0.717) is 12.0 Å². The highest BCUT2D eigenvalue weighted by Gasteiger charge is 2.42. The van der Waals surface area contributed by atoms with Gasteiger partial charge in [-0.1, -0.05) is 0 Å². The number of nitrogens with one attached hydrogen (secondary N) is 1. The van der Waals surface area contributed by atoms with Gasteiger partial charge in [-0.25, -0.2) is 15.0 Å². The van der Waals surface area contributed by atoms with E-state index >= 15 is 0 Å². The summed E-state index contributed by atoms with van der Waals surface area (Å²) < 4.78 is 7.55. The molecule has 0 bridgehead atoms. The van der Waals surface area contributed by atoms with Crippen LogP contribution in [0.25, 0.3) is 5.82 Å². The van der Waals surface area contributed by atoms with E-state index in [-0.39, 0.29) is 24.0 Å². The van der Waals surface area contributed by atoms with E-state index in [4.69, 9.17) is 9.73 Å². The zero-order valence-corrected chi connectivity index (χ0v) is 18.0. The van der Waals surface area contributed by atoms with E-state index in [1.165, 1.54) is 12.8 Å². The number of pyridine rings is 1. The van der Waals surface area contributed by atoms with Crippen LogP contribution in [-0.4, -0.2) is 58.2 Å². The van der Waals surface area contributed by atoms with Gasteiger partial charge in [-0.3, -0.25) is 4.57 Å². The second kappa shape index (κ2) is 9.01. The number of hydrogen-bond acceptors (Lipinski definition) is 4. The molecule has 4 rings (SSSR count). The average Bonchev–Trinajstić information content (AvgIpc) is 3.43. The van der Waals surface area contributed by atoms with Gasteiger partial charge >= 0.3 is 0 Å². The van der Waals surface area contributed by atoms with Crippen LogP contribution < -0.4 is 5.32 Å². The number of aromatic nitrogens is 3. The van der Waals surface area contributed by atoms with Crippen molar-refractivity contribution < 1.29 is 4.74 Å². The Hall–Kier alpha value is -1.68. The van der Waals surface area contributed by atoms with Gasteiger partial charge in [-0.15, -0.1) is 24.0 Å². The number of ether oxygens (including phenoxy) is 1. The standard InChI is InChI=1S/C19H26N6O.HI/c1-2-21-18(24-8-4-19(13-24)5-10-26-14-19)23-12-16-3-6-22-17(11-16)25-9-7-20-15-25;/h3,6-7,9,11,15H,2,4-5,8,10,12-14H2,1H3,(H,21,23);1H. The molecule has 1 N–H and O–H groups in total. The van der Waals surface area contributed by atoms with Gasteiger partial charge in [0.1, 0.15) is 12.1 Å². The number of nitrogens with zero attached hydrogens (tertiary/aromatic N) is 5. The van der Waals surface area contributed by atoms with Crippen molar-refractivity contribution in [2.45, 2.75) is 26.3 Å². The number of guanidine groups is 1. The summed E-state index contributed by atoms with van der Waals surface area (Å²) in [7, 11) is 0. The highest BCUT2D eigenvalue weighted by atomic mass is 127. The van der Waals surface area contributed by atoms with Gasteiger partial charge in [0.25, 0.3) is 0 Å². The van der Waals surface area contributed by atoms with Gasteiger partial charge in [0.2, 0.25) is 0 Å². The first kappa shape index (κ1) is 20.1. The molecule has 2 fully saturated rings. The summed E-state index contributed by atoms with van der Waals surface area (Å²) in [6, 6.07) is 4.08. The summed E-state index contributed by atoms with van der Waals surface area (Å²) in [4.78, 5) is 15.8. The largest absolute Gasteiger partial charge is 0.381 e. The van der Waals surface area contributed by atoms with E-state index in [2.05, 4.69) is 33.2 Å². The molecule has 146 valence electrons. The zero-order chi connectivity index (χ0) is 17.8. The summed E-state index contributed by atoms with van der Waals surface area (Å²) in [6.45, 7) is 7.49. The highest BCUT2D eigenvalue weighted by molar-refractivity contribution is 14.0. The van der Waals surface area contributed by atoms with E-state index in [1.54, 1.807) is 12.5 Å². The van der Waals surface area contributed by atoms with Crippen LogP contribution in [0, 0.1) is 5.41 Å². The summed E-state index contributed by atoms with van der Waals surface area (Å²) in [6.07, 6.45) is 9.60. The molecule has 2 saturated heterocycles. The van der Waals surface area contributed by atoms with Crippen LogP contribution >= 0.6 is 24.0 Å². The lowest BCUT2D eigenvalue weighted by Gasteiger charge is -2.25. The van der Waals surface area contributed by atoms with Crippen molar-refractivity contribution in [3.8, 4) is 5.82 Å². The fourth-order valence-corrected chi connectivity index (χ4v) is 3.77. The maximum Gasteiger partial charge on any atom is 0.194 e. The van der Waals surface area contributed by atoms with Crippen LogP contribution in [0.2, 0.25) is 0 Å². The molecule has 0 amide bonds. The van der Waals surface area contributed by atoms with Crippen molar-refractivity contribution in [1.29, 1.82) is 0 Å². The minimum Gasteiger partial charge on any atom is -0.381 e. The lowest BCUT2D eigenvalue weighted by Crippen LogP contribution is -2.41. The summed E-state index contributed by atoms with van der Waals surface area (Å²) in [5.41, 5.74) is 1.47. The quantitative estimate of drug-likeness (QED) is 0.412. The Morgan fingerprint density at radius 2 is 2.30 bits per heavy atom. The second-order valence-electron chi connectivity index (χ2n) is 7.14. The Morgan fingerprint density at radius 3 is 3.04 bits per heavy atom. The molecule has 0 aromatic carbocycles. The fourth-order valence-electron chi connectivity index (χ4n) is 3.77. The highest BCUT2D eigenvalue weighted by Crippen LogP contribution is 2.38. The second-order valence-corrected chi connectivity index (χ2v) is 7.14. The third-order valence-corrected chi connectivity index (χ3v) is 5.25. The lowest BCUT2D eigenvalue weighted by molar-refractivity contribution is 0.156. The van der Waals surface area contributed by atoms with Crippen molar-refractivity contribution in [3.63, 3.8) is 0 Å². The molecule has 0 saturated carbocycles. The van der Waals surface area contributed by atoms with E-state index < -0.39 is 0 Å². The molecule has 1 atom stereocenters. The number of imidazole rings is 1. The minimum absolute atomic E-state index is 0. The Labute approximate surface area is 177 Å². The van der Waals surface area contributed by atoms with Crippen LogP contribution in [0.1, 0.15) is 25.3 Å². The fraction of sp³-hybridized carbons (Fsp3) is 0.526. The average molecular weight is 482 g/mol. The molecule has 27 heavy (non-hydrogen) atoms. The molecule has 8 heteroatoms. The maximum atomic E-state index is 5.65. The van der Waals surface area contributed by atoms with Gasteiger partial charge in [0, 0.05) is 50.2 Å². The first-order chi connectivity index (χ1) is 12.8. The predicted octanol–water partition coefficient (Wildman–Crippen LogP) is 2.46. The Balaban J connectivity index is 0.00000210. The monoisotopic (exact) mass is 482 g/mol. The normalized spacial score (nSPS) is 22.3. The Bertz CT molecular complexity index is 757. The van der Waals surface area contributed by atoms with Crippen molar-refractivity contribution >= 4 is 29.9 Å². The van der Waals surface area contributed by atoms with Gasteiger partial charge in [0.05, 0.1) is 13.2 Å². The molecule has 1 spiro atoms. The van der Waals surface area contributed by atoms with Gasteiger partial charge in [-0.2, -0.15) is 0 Å². The number of halogens is 1. The van der Waals surface area contributed by atoms with Crippen molar-refractivity contribution in [2.24, 2.45) is 10.4 Å². The van der Waals surface area contributed by atoms with Crippen molar-refractivity contribution in [3.05, 3.63) is 42.6 Å². The Morgan fingerprint density at radius 1 is 1.37 bits per heavy atom. The van der Waals surface area contributed by atoms with Crippen LogP contribution in [-0.2, 0) is 11.3 Å². The predicted molar refractivity (Wildman–Crippen MR) is 116 cm³/mol. The molecule has 0 aliphatic carbocycles. The van der Waals surface area contributed by atoms with E-state index in [1.807, 2.05) is 23.0 Å². The minimum atomic E-state index is 0. The van der Waals surface area contributed by atoms with E-state index in [0.717, 1.165) is 50.2 Å². The number of rotatable bonds is 4. The van der Waals surface area contributed by atoms with Gasteiger partial charge < -0.3 is 15.0 Å². The summed E-state index contributed by atoms with van der Waals surface area (Å²) >= 11 is 0. The number of likely N-dealkylation sites (tertiary alicyclic amines) is 1. The SMILES string of the molecule is CCNC(=NCc1ccnc(-n2ccnc2)c1)N1CCC2(CCOC2)C1.I. The summed E-state index contributed by atoms with van der Waals surface area (Å²) in [5.74, 6) is 1.86. The maximum absolute atomic E-state index is 5.65. The van der Waals surface area contributed by atoms with Crippen LogP contribution in [0.3, 0.4) is 0 Å². The molecule has 2 aliphatic heterocycles. The molecular formula is C19H27IN6O. The molecule has 2 aliphatic rings. The first-order valence-corrected chi connectivity index (χ1v) is 9.32. The number of hydrogen-bond donors (Lipinski definition) is 1. The van der Waals surface area contributed by atoms with Crippen molar-refractivity contribution in [2.75, 3.05) is 32.8 Å². The van der Waals surface area contributed by atoms with Crippen LogP contribution in [0.4, 0.5) is 0 Å². The zero-order valence-electron chi connectivity index (χ0n) is 15.7. The first-order valence-electron chi connectivity index (χ1n) is 9.32. The third-order valence-electron chi connectivity index (χ3n) is 5.25.